The van der Waals surface area contributed by atoms with Crippen molar-refractivity contribution in [2.75, 3.05) is 37.7 Å². The van der Waals surface area contributed by atoms with Gasteiger partial charge in [0.05, 0.1) is 0 Å². The highest BCUT2D eigenvalue weighted by Gasteiger charge is 2.14. The number of piperidine rings is 1. The van der Waals surface area contributed by atoms with E-state index in [1.54, 1.807) is 0 Å². The molecule has 2 fully saturated rings. The SMILES string of the molecule is c1cc(N2CCCCC2)ccc1CNCCC1CCOC1. The van der Waals surface area contributed by atoms with Crippen LogP contribution in [-0.4, -0.2) is 32.8 Å². The maximum absolute atomic E-state index is 5.41. The summed E-state index contributed by atoms with van der Waals surface area (Å²) in [5, 5.41) is 3.56. The summed E-state index contributed by atoms with van der Waals surface area (Å²) >= 11 is 0. The summed E-state index contributed by atoms with van der Waals surface area (Å²) in [4.78, 5) is 2.51. The van der Waals surface area contributed by atoms with Crippen LogP contribution in [-0.2, 0) is 11.3 Å². The molecule has 2 heterocycles. The zero-order valence-corrected chi connectivity index (χ0v) is 13.0. The molecule has 21 heavy (non-hydrogen) atoms. The third-order valence-corrected chi connectivity index (χ3v) is 4.74. The van der Waals surface area contributed by atoms with Gasteiger partial charge >= 0.3 is 0 Å². The molecule has 2 aliphatic heterocycles. The number of benzene rings is 1. The summed E-state index contributed by atoms with van der Waals surface area (Å²) in [6.45, 7) is 6.45. The van der Waals surface area contributed by atoms with Crippen LogP contribution in [0.1, 0.15) is 37.7 Å². The van der Waals surface area contributed by atoms with Crippen LogP contribution in [0.4, 0.5) is 5.69 Å². The second kappa shape index (κ2) is 7.81. The predicted molar refractivity (Wildman–Crippen MR) is 87.8 cm³/mol. The number of ether oxygens (including phenoxy) is 1. The standard InChI is InChI=1S/C18H28N2O/c1-2-11-20(12-3-1)18-6-4-16(5-7-18)14-19-10-8-17-9-13-21-15-17/h4-7,17,19H,1-3,8-15H2. The van der Waals surface area contributed by atoms with Crippen LogP contribution in [0.25, 0.3) is 0 Å². The summed E-state index contributed by atoms with van der Waals surface area (Å²) in [7, 11) is 0. The second-order valence-corrected chi connectivity index (χ2v) is 6.41. The zero-order chi connectivity index (χ0) is 14.3. The van der Waals surface area contributed by atoms with E-state index in [0.717, 1.165) is 32.2 Å². The Labute approximate surface area is 128 Å². The van der Waals surface area contributed by atoms with E-state index in [0.29, 0.717) is 0 Å². The molecule has 2 saturated heterocycles. The highest BCUT2D eigenvalue weighted by molar-refractivity contribution is 5.47. The van der Waals surface area contributed by atoms with Gasteiger partial charge in [0.1, 0.15) is 0 Å². The summed E-state index contributed by atoms with van der Waals surface area (Å²) in [5.41, 5.74) is 2.78. The minimum absolute atomic E-state index is 0.777. The molecule has 2 aliphatic rings. The van der Waals surface area contributed by atoms with Crippen molar-refractivity contribution in [3.05, 3.63) is 29.8 Å². The molecule has 1 aromatic carbocycles. The first-order chi connectivity index (χ1) is 10.4. The molecule has 3 heteroatoms. The second-order valence-electron chi connectivity index (χ2n) is 6.41. The summed E-state index contributed by atoms with van der Waals surface area (Å²) in [5.74, 6) is 0.777. The molecule has 1 atom stereocenters. The van der Waals surface area contributed by atoms with Gasteiger partial charge in [-0.05, 0) is 62.3 Å². The van der Waals surface area contributed by atoms with Gasteiger partial charge in [0.2, 0.25) is 0 Å². The van der Waals surface area contributed by atoms with Crippen molar-refractivity contribution in [2.45, 2.75) is 38.6 Å². The van der Waals surface area contributed by atoms with Crippen molar-refractivity contribution in [3.8, 4) is 0 Å². The summed E-state index contributed by atoms with van der Waals surface area (Å²) in [6, 6.07) is 9.12. The van der Waals surface area contributed by atoms with E-state index >= 15 is 0 Å². The Hall–Kier alpha value is -1.06. The van der Waals surface area contributed by atoms with Gasteiger partial charge < -0.3 is 15.0 Å². The molecule has 0 aliphatic carbocycles. The van der Waals surface area contributed by atoms with Crippen LogP contribution >= 0.6 is 0 Å². The van der Waals surface area contributed by atoms with Crippen LogP contribution < -0.4 is 10.2 Å². The largest absolute Gasteiger partial charge is 0.381 e. The molecule has 0 spiro atoms. The summed E-state index contributed by atoms with van der Waals surface area (Å²) in [6.07, 6.45) is 6.56. The fourth-order valence-electron chi connectivity index (χ4n) is 3.33. The van der Waals surface area contributed by atoms with Crippen LogP contribution in [0.3, 0.4) is 0 Å². The predicted octanol–water partition coefficient (Wildman–Crippen LogP) is 3.19. The molecule has 0 radical (unpaired) electrons. The Balaban J connectivity index is 1.39. The first-order valence-corrected chi connectivity index (χ1v) is 8.54. The van der Waals surface area contributed by atoms with Gasteiger partial charge in [0, 0.05) is 38.5 Å². The molecule has 3 nitrogen and oxygen atoms in total. The molecular weight excluding hydrogens is 260 g/mol. The highest BCUT2D eigenvalue weighted by Crippen LogP contribution is 2.20. The van der Waals surface area contributed by atoms with E-state index in [1.807, 2.05) is 0 Å². The number of hydrogen-bond donors (Lipinski definition) is 1. The lowest BCUT2D eigenvalue weighted by Crippen LogP contribution is -2.29. The molecule has 1 unspecified atom stereocenters. The molecular formula is C18H28N2O. The van der Waals surface area contributed by atoms with Crippen LogP contribution in [0.15, 0.2) is 24.3 Å². The highest BCUT2D eigenvalue weighted by atomic mass is 16.5. The molecule has 1 N–H and O–H groups in total. The van der Waals surface area contributed by atoms with Crippen molar-refractivity contribution in [1.82, 2.24) is 5.32 Å². The van der Waals surface area contributed by atoms with Gasteiger partial charge in [-0.2, -0.15) is 0 Å². The topological polar surface area (TPSA) is 24.5 Å². The number of rotatable bonds is 6. The van der Waals surface area contributed by atoms with Gasteiger partial charge in [-0.15, -0.1) is 0 Å². The van der Waals surface area contributed by atoms with Gasteiger partial charge in [0.25, 0.3) is 0 Å². The van der Waals surface area contributed by atoms with E-state index in [4.69, 9.17) is 4.74 Å². The van der Waals surface area contributed by atoms with E-state index in [9.17, 15) is 0 Å². The molecule has 0 aromatic heterocycles. The van der Waals surface area contributed by atoms with Crippen molar-refractivity contribution >= 4 is 5.69 Å². The smallest absolute Gasteiger partial charge is 0.0495 e. The van der Waals surface area contributed by atoms with Gasteiger partial charge in [0.15, 0.2) is 0 Å². The average Bonchev–Trinajstić information content (AvgIpc) is 3.06. The van der Waals surface area contributed by atoms with Crippen molar-refractivity contribution in [2.24, 2.45) is 5.92 Å². The van der Waals surface area contributed by atoms with E-state index < -0.39 is 0 Å². The third kappa shape index (κ3) is 4.45. The van der Waals surface area contributed by atoms with Crippen LogP contribution in [0.5, 0.6) is 0 Å². The molecule has 3 rings (SSSR count). The Morgan fingerprint density at radius 3 is 2.62 bits per heavy atom. The first-order valence-electron chi connectivity index (χ1n) is 8.54. The number of hydrogen-bond acceptors (Lipinski definition) is 3. The van der Waals surface area contributed by atoms with Gasteiger partial charge in [-0.25, -0.2) is 0 Å². The third-order valence-electron chi connectivity index (χ3n) is 4.74. The minimum Gasteiger partial charge on any atom is -0.381 e. The Morgan fingerprint density at radius 1 is 1.10 bits per heavy atom. The number of nitrogens with one attached hydrogen (secondary N) is 1. The maximum atomic E-state index is 5.41. The van der Waals surface area contributed by atoms with Crippen molar-refractivity contribution in [1.29, 1.82) is 0 Å². The van der Waals surface area contributed by atoms with E-state index in [-0.39, 0.29) is 0 Å². The average molecular weight is 288 g/mol. The molecule has 0 saturated carbocycles. The fourth-order valence-corrected chi connectivity index (χ4v) is 3.33. The zero-order valence-electron chi connectivity index (χ0n) is 13.0. The van der Waals surface area contributed by atoms with Crippen LogP contribution in [0.2, 0.25) is 0 Å². The normalized spacial score (nSPS) is 22.7. The Kier molecular flexibility index (Phi) is 5.53. The van der Waals surface area contributed by atoms with Crippen LogP contribution in [0, 0.1) is 5.92 Å². The van der Waals surface area contributed by atoms with E-state index in [1.165, 1.54) is 56.4 Å². The van der Waals surface area contributed by atoms with Crippen molar-refractivity contribution in [3.63, 3.8) is 0 Å². The lowest BCUT2D eigenvalue weighted by molar-refractivity contribution is 0.184. The maximum Gasteiger partial charge on any atom is 0.0495 e. The van der Waals surface area contributed by atoms with Gasteiger partial charge in [-0.1, -0.05) is 12.1 Å². The Morgan fingerprint density at radius 2 is 1.90 bits per heavy atom. The number of nitrogens with zero attached hydrogens (tertiary/aromatic N) is 1. The molecule has 1 aromatic rings. The molecule has 0 amide bonds. The minimum atomic E-state index is 0.777. The molecule has 0 bridgehead atoms. The summed E-state index contributed by atoms with van der Waals surface area (Å²) < 4.78 is 5.41. The number of anilines is 1. The van der Waals surface area contributed by atoms with Crippen molar-refractivity contribution < 1.29 is 4.74 Å². The van der Waals surface area contributed by atoms with Gasteiger partial charge in [-0.3, -0.25) is 0 Å². The molecule has 116 valence electrons. The fraction of sp³-hybridized carbons (Fsp3) is 0.667. The lowest BCUT2D eigenvalue weighted by atomic mass is 10.1. The first kappa shape index (κ1) is 14.9. The Bertz CT molecular complexity index is 406. The van der Waals surface area contributed by atoms with E-state index in [2.05, 4.69) is 34.5 Å². The quantitative estimate of drug-likeness (QED) is 0.814. The lowest BCUT2D eigenvalue weighted by Gasteiger charge is -2.28. The monoisotopic (exact) mass is 288 g/mol.